The van der Waals surface area contributed by atoms with E-state index in [0.717, 1.165) is 11.8 Å². The number of rotatable bonds is 4. The van der Waals surface area contributed by atoms with Crippen molar-refractivity contribution >= 4 is 16.9 Å². The first-order chi connectivity index (χ1) is 11.2. The van der Waals surface area contributed by atoms with Crippen LogP contribution in [-0.2, 0) is 0 Å². The molecule has 7 heteroatoms. The number of para-hydroxylation sites is 2. The summed E-state index contributed by atoms with van der Waals surface area (Å²) in [7, 11) is 1.55. The van der Waals surface area contributed by atoms with Crippen molar-refractivity contribution in [2.45, 2.75) is 5.22 Å². The van der Waals surface area contributed by atoms with E-state index in [0.29, 0.717) is 11.3 Å². The minimum atomic E-state index is -0.377. The van der Waals surface area contributed by atoms with Gasteiger partial charge in [-0.25, -0.2) is 0 Å². The van der Waals surface area contributed by atoms with E-state index in [-0.39, 0.29) is 27.5 Å². The lowest BCUT2D eigenvalue weighted by Crippen LogP contribution is -1.93. The Kier molecular flexibility index (Phi) is 4.29. The van der Waals surface area contributed by atoms with Crippen molar-refractivity contribution in [3.05, 3.63) is 54.1 Å². The van der Waals surface area contributed by atoms with Crippen LogP contribution in [0.4, 0.5) is 0 Å². The number of benzene rings is 2. The van der Waals surface area contributed by atoms with Gasteiger partial charge in [0, 0.05) is 11.8 Å². The molecule has 0 aliphatic heterocycles. The number of aromatic hydroxyl groups is 1. The highest BCUT2D eigenvalue weighted by Crippen LogP contribution is 2.32. The molecule has 0 amide bonds. The van der Waals surface area contributed by atoms with Crippen molar-refractivity contribution in [2.75, 3.05) is 7.11 Å². The first-order valence-electron chi connectivity index (χ1n) is 6.66. The van der Waals surface area contributed by atoms with Gasteiger partial charge in [0.05, 0.1) is 18.2 Å². The molecule has 0 aliphatic carbocycles. The number of nitrogens with zero attached hydrogens (tertiary/aromatic N) is 2. The SMILES string of the molecule is COc1ccccc1-c1nnc(SC(=O)c2ccccc2O)o1. The van der Waals surface area contributed by atoms with Gasteiger partial charge in [-0.2, -0.15) is 0 Å². The Bertz CT molecular complexity index is 847. The molecule has 0 fully saturated rings. The van der Waals surface area contributed by atoms with Crippen LogP contribution in [0.5, 0.6) is 11.5 Å². The molecule has 23 heavy (non-hydrogen) atoms. The van der Waals surface area contributed by atoms with Crippen LogP contribution in [0, 0.1) is 0 Å². The maximum Gasteiger partial charge on any atom is 0.284 e. The third kappa shape index (κ3) is 3.19. The summed E-state index contributed by atoms with van der Waals surface area (Å²) in [6.45, 7) is 0. The Labute approximate surface area is 136 Å². The summed E-state index contributed by atoms with van der Waals surface area (Å²) >= 11 is 0.760. The van der Waals surface area contributed by atoms with Gasteiger partial charge in [-0.3, -0.25) is 4.79 Å². The lowest BCUT2D eigenvalue weighted by Gasteiger charge is -2.03. The predicted octanol–water partition coefficient (Wildman–Crippen LogP) is 3.38. The van der Waals surface area contributed by atoms with Gasteiger partial charge in [0.25, 0.3) is 11.1 Å². The first-order valence-corrected chi connectivity index (χ1v) is 7.48. The summed E-state index contributed by atoms with van der Waals surface area (Å²) in [5.74, 6) is 0.768. The number of methoxy groups -OCH3 is 1. The standard InChI is InChI=1S/C16H12N2O4S/c1-21-13-9-5-3-7-11(13)14-17-18-16(22-14)23-15(20)10-6-2-4-8-12(10)19/h2-9,19H,1H3. The van der Waals surface area contributed by atoms with Gasteiger partial charge in [-0.1, -0.05) is 24.3 Å². The zero-order chi connectivity index (χ0) is 16.2. The van der Waals surface area contributed by atoms with E-state index >= 15 is 0 Å². The van der Waals surface area contributed by atoms with E-state index in [4.69, 9.17) is 9.15 Å². The fourth-order valence-electron chi connectivity index (χ4n) is 1.96. The van der Waals surface area contributed by atoms with Crippen LogP contribution in [-0.4, -0.2) is 27.5 Å². The maximum atomic E-state index is 12.2. The molecule has 3 aromatic rings. The van der Waals surface area contributed by atoms with Crippen molar-refractivity contribution in [3.8, 4) is 23.0 Å². The van der Waals surface area contributed by atoms with Crippen molar-refractivity contribution in [3.63, 3.8) is 0 Å². The number of thioether (sulfide) groups is 1. The summed E-state index contributed by atoms with van der Waals surface area (Å²) in [5.41, 5.74) is 0.832. The summed E-state index contributed by atoms with van der Waals surface area (Å²) in [6.07, 6.45) is 0. The van der Waals surface area contributed by atoms with E-state index in [1.54, 1.807) is 31.4 Å². The normalized spacial score (nSPS) is 10.5. The second kappa shape index (κ2) is 6.53. The van der Waals surface area contributed by atoms with Crippen molar-refractivity contribution in [1.29, 1.82) is 0 Å². The third-order valence-electron chi connectivity index (χ3n) is 3.05. The molecule has 0 saturated carbocycles. The molecule has 2 aromatic carbocycles. The highest BCUT2D eigenvalue weighted by molar-refractivity contribution is 8.14. The molecular weight excluding hydrogens is 316 g/mol. The van der Waals surface area contributed by atoms with Crippen LogP contribution in [0.15, 0.2) is 58.2 Å². The van der Waals surface area contributed by atoms with Gasteiger partial charge < -0.3 is 14.3 Å². The molecule has 1 heterocycles. The second-order valence-electron chi connectivity index (χ2n) is 4.48. The van der Waals surface area contributed by atoms with Crippen LogP contribution >= 0.6 is 11.8 Å². The molecule has 1 N–H and O–H groups in total. The van der Waals surface area contributed by atoms with Crippen LogP contribution < -0.4 is 4.74 Å². The van der Waals surface area contributed by atoms with Gasteiger partial charge >= 0.3 is 0 Å². The van der Waals surface area contributed by atoms with Crippen LogP contribution in [0.1, 0.15) is 10.4 Å². The predicted molar refractivity (Wildman–Crippen MR) is 84.6 cm³/mol. The number of phenolic OH excluding ortho intramolecular Hbond substituents is 1. The molecule has 1 aromatic heterocycles. The quantitative estimate of drug-likeness (QED) is 0.735. The zero-order valence-electron chi connectivity index (χ0n) is 12.1. The number of carbonyl (C=O) groups excluding carboxylic acids is 1. The Balaban J connectivity index is 1.83. The Hall–Kier alpha value is -2.80. The number of hydrogen-bond donors (Lipinski definition) is 1. The van der Waals surface area contributed by atoms with Crippen molar-refractivity contribution in [1.82, 2.24) is 10.2 Å². The monoisotopic (exact) mass is 328 g/mol. The Morgan fingerprint density at radius 2 is 1.87 bits per heavy atom. The molecule has 0 atom stereocenters. The van der Waals surface area contributed by atoms with Crippen molar-refractivity contribution < 1.29 is 19.1 Å². The van der Waals surface area contributed by atoms with E-state index < -0.39 is 0 Å². The summed E-state index contributed by atoms with van der Waals surface area (Å²) in [5, 5.41) is 17.2. The first kappa shape index (κ1) is 15.1. The highest BCUT2D eigenvalue weighted by Gasteiger charge is 2.18. The molecule has 0 unspecified atom stereocenters. The topological polar surface area (TPSA) is 85.5 Å². The maximum absolute atomic E-state index is 12.2. The number of ether oxygens (including phenoxy) is 1. The number of carbonyl (C=O) groups is 1. The number of phenols is 1. The average molecular weight is 328 g/mol. The molecule has 0 spiro atoms. The molecule has 0 aliphatic rings. The summed E-state index contributed by atoms with van der Waals surface area (Å²) in [4.78, 5) is 12.2. The Morgan fingerprint density at radius 1 is 1.13 bits per heavy atom. The largest absolute Gasteiger partial charge is 0.507 e. The zero-order valence-corrected chi connectivity index (χ0v) is 12.9. The van der Waals surface area contributed by atoms with Crippen molar-refractivity contribution in [2.24, 2.45) is 0 Å². The second-order valence-corrected chi connectivity index (χ2v) is 5.40. The fourth-order valence-corrected chi connectivity index (χ4v) is 2.61. The van der Waals surface area contributed by atoms with Gasteiger partial charge in [0.15, 0.2) is 0 Å². The van der Waals surface area contributed by atoms with Gasteiger partial charge in [0.2, 0.25) is 5.12 Å². The third-order valence-corrected chi connectivity index (χ3v) is 3.79. The number of hydrogen-bond acceptors (Lipinski definition) is 7. The van der Waals surface area contributed by atoms with E-state index in [2.05, 4.69) is 10.2 Å². The van der Waals surface area contributed by atoms with Crippen LogP contribution in [0.25, 0.3) is 11.5 Å². The fraction of sp³-hybridized carbons (Fsp3) is 0.0625. The minimum absolute atomic E-state index is 0.0885. The lowest BCUT2D eigenvalue weighted by atomic mass is 10.2. The summed E-state index contributed by atoms with van der Waals surface area (Å²) < 4.78 is 10.7. The lowest BCUT2D eigenvalue weighted by molar-refractivity contribution is 0.108. The van der Waals surface area contributed by atoms with Gasteiger partial charge in [-0.05, 0) is 24.3 Å². The smallest absolute Gasteiger partial charge is 0.284 e. The molecule has 0 saturated heterocycles. The average Bonchev–Trinajstić information content (AvgIpc) is 3.03. The summed E-state index contributed by atoms with van der Waals surface area (Å²) in [6, 6.07) is 13.5. The number of aromatic nitrogens is 2. The molecular formula is C16H12N2O4S. The van der Waals surface area contributed by atoms with E-state index in [1.165, 1.54) is 12.1 Å². The van der Waals surface area contributed by atoms with Gasteiger partial charge in [0.1, 0.15) is 11.5 Å². The molecule has 0 radical (unpaired) electrons. The molecule has 6 nitrogen and oxygen atoms in total. The van der Waals surface area contributed by atoms with E-state index in [1.807, 2.05) is 12.1 Å². The Morgan fingerprint density at radius 3 is 2.65 bits per heavy atom. The highest BCUT2D eigenvalue weighted by atomic mass is 32.2. The molecule has 0 bridgehead atoms. The molecule has 3 rings (SSSR count). The van der Waals surface area contributed by atoms with E-state index in [9.17, 15) is 9.90 Å². The van der Waals surface area contributed by atoms with Gasteiger partial charge in [-0.15, -0.1) is 10.2 Å². The van der Waals surface area contributed by atoms with Crippen LogP contribution in [0.3, 0.4) is 0 Å². The van der Waals surface area contributed by atoms with Crippen LogP contribution in [0.2, 0.25) is 0 Å². The molecule has 116 valence electrons. The minimum Gasteiger partial charge on any atom is -0.507 e.